The molecule has 16 heavy (non-hydrogen) atoms. The number of benzene rings is 1. The fraction of sp³-hybridized carbons (Fsp3) is 0.455. The summed E-state index contributed by atoms with van der Waals surface area (Å²) in [4.78, 5) is 0. The molecular weight excluding hydrogens is 219 g/mol. The van der Waals surface area contributed by atoms with E-state index in [1.54, 1.807) is 26.0 Å². The highest BCUT2D eigenvalue weighted by atomic mass is 19.4. The third kappa shape index (κ3) is 3.73. The van der Waals surface area contributed by atoms with E-state index in [-0.39, 0.29) is 5.75 Å². The predicted molar refractivity (Wildman–Crippen MR) is 55.3 cm³/mol. The Hall–Kier alpha value is -1.23. The lowest BCUT2D eigenvalue weighted by Gasteiger charge is -2.17. The molecule has 1 unspecified atom stereocenters. The van der Waals surface area contributed by atoms with E-state index in [2.05, 4.69) is 5.32 Å². The SMILES string of the molecule is Cc1ccc(C(C)NCC(F)(F)F)c(O)c1. The number of alkyl halides is 3. The molecule has 2 N–H and O–H groups in total. The molecule has 0 aliphatic rings. The van der Waals surface area contributed by atoms with Crippen molar-refractivity contribution in [3.63, 3.8) is 0 Å². The Morgan fingerprint density at radius 3 is 2.50 bits per heavy atom. The molecule has 1 aromatic carbocycles. The second-order valence-corrected chi connectivity index (χ2v) is 3.78. The lowest BCUT2D eigenvalue weighted by Crippen LogP contribution is -2.30. The van der Waals surface area contributed by atoms with Gasteiger partial charge in [0, 0.05) is 11.6 Å². The first-order chi connectivity index (χ1) is 7.29. The van der Waals surface area contributed by atoms with E-state index in [1.807, 2.05) is 0 Å². The smallest absolute Gasteiger partial charge is 0.401 e. The third-order valence-corrected chi connectivity index (χ3v) is 2.26. The number of phenolic OH excluding ortho intramolecular Hbond substituents is 1. The second-order valence-electron chi connectivity index (χ2n) is 3.78. The van der Waals surface area contributed by atoms with E-state index < -0.39 is 18.8 Å². The second kappa shape index (κ2) is 4.74. The van der Waals surface area contributed by atoms with E-state index in [9.17, 15) is 18.3 Å². The molecule has 0 spiro atoms. The molecule has 0 radical (unpaired) electrons. The normalized spacial score (nSPS) is 13.8. The summed E-state index contributed by atoms with van der Waals surface area (Å²) < 4.78 is 35.9. The van der Waals surface area contributed by atoms with Crippen molar-refractivity contribution in [3.8, 4) is 5.75 Å². The Morgan fingerprint density at radius 1 is 1.38 bits per heavy atom. The Bertz CT molecular complexity index is 363. The van der Waals surface area contributed by atoms with E-state index in [4.69, 9.17) is 0 Å². The topological polar surface area (TPSA) is 32.3 Å². The minimum absolute atomic E-state index is 0.0159. The third-order valence-electron chi connectivity index (χ3n) is 2.26. The Kier molecular flexibility index (Phi) is 3.80. The maximum atomic E-state index is 12.0. The molecule has 0 aromatic heterocycles. The van der Waals surface area contributed by atoms with Gasteiger partial charge < -0.3 is 10.4 Å². The average Bonchev–Trinajstić information content (AvgIpc) is 2.13. The van der Waals surface area contributed by atoms with Gasteiger partial charge in [0.1, 0.15) is 5.75 Å². The highest BCUT2D eigenvalue weighted by Gasteiger charge is 2.27. The van der Waals surface area contributed by atoms with Crippen LogP contribution in [0.5, 0.6) is 5.75 Å². The van der Waals surface area contributed by atoms with Gasteiger partial charge in [-0.2, -0.15) is 13.2 Å². The summed E-state index contributed by atoms with van der Waals surface area (Å²) in [6.07, 6.45) is -4.24. The van der Waals surface area contributed by atoms with Crippen molar-refractivity contribution in [1.29, 1.82) is 0 Å². The van der Waals surface area contributed by atoms with Crippen LogP contribution in [-0.2, 0) is 0 Å². The predicted octanol–water partition coefficient (Wildman–Crippen LogP) is 2.91. The van der Waals surface area contributed by atoms with Crippen LogP contribution >= 0.6 is 0 Å². The number of aryl methyl sites for hydroxylation is 1. The Morgan fingerprint density at radius 2 is 2.00 bits per heavy atom. The molecule has 0 fully saturated rings. The summed E-state index contributed by atoms with van der Waals surface area (Å²) in [5.41, 5.74) is 1.33. The van der Waals surface area contributed by atoms with Crippen molar-refractivity contribution in [2.75, 3.05) is 6.54 Å². The first-order valence-electron chi connectivity index (χ1n) is 4.89. The number of hydrogen-bond acceptors (Lipinski definition) is 2. The maximum Gasteiger partial charge on any atom is 0.401 e. The number of phenols is 1. The van der Waals surface area contributed by atoms with E-state index in [1.165, 1.54) is 6.07 Å². The molecule has 1 aromatic rings. The fourth-order valence-electron chi connectivity index (χ4n) is 1.40. The molecule has 5 heteroatoms. The van der Waals surface area contributed by atoms with Crippen LogP contribution in [-0.4, -0.2) is 17.8 Å². The molecule has 2 nitrogen and oxygen atoms in total. The first kappa shape index (κ1) is 12.8. The molecule has 0 bridgehead atoms. The zero-order chi connectivity index (χ0) is 12.3. The van der Waals surface area contributed by atoms with Crippen molar-refractivity contribution >= 4 is 0 Å². The fourth-order valence-corrected chi connectivity index (χ4v) is 1.40. The van der Waals surface area contributed by atoms with Gasteiger partial charge in [0.2, 0.25) is 0 Å². The Balaban J connectivity index is 2.70. The molecule has 90 valence electrons. The molecule has 1 atom stereocenters. The van der Waals surface area contributed by atoms with Crippen molar-refractivity contribution in [3.05, 3.63) is 29.3 Å². The molecule has 0 saturated carbocycles. The van der Waals surface area contributed by atoms with Crippen LogP contribution in [0.25, 0.3) is 0 Å². The van der Waals surface area contributed by atoms with Gasteiger partial charge in [0.15, 0.2) is 0 Å². The van der Waals surface area contributed by atoms with Crippen molar-refractivity contribution in [1.82, 2.24) is 5.32 Å². The molecule has 0 aliphatic heterocycles. The van der Waals surface area contributed by atoms with Crippen molar-refractivity contribution in [2.45, 2.75) is 26.1 Å². The van der Waals surface area contributed by atoms with E-state index in [0.717, 1.165) is 5.56 Å². The summed E-state index contributed by atoms with van der Waals surface area (Å²) >= 11 is 0. The van der Waals surface area contributed by atoms with Gasteiger partial charge in [-0.1, -0.05) is 12.1 Å². The quantitative estimate of drug-likeness (QED) is 0.841. The first-order valence-corrected chi connectivity index (χ1v) is 4.89. The number of hydrogen-bond donors (Lipinski definition) is 2. The minimum atomic E-state index is -4.24. The number of halogens is 3. The summed E-state index contributed by atoms with van der Waals surface area (Å²) in [5, 5.41) is 11.9. The van der Waals surface area contributed by atoms with E-state index >= 15 is 0 Å². The van der Waals surface area contributed by atoms with Crippen LogP contribution in [0.4, 0.5) is 13.2 Å². The van der Waals surface area contributed by atoms with Crippen LogP contribution in [0.1, 0.15) is 24.1 Å². The monoisotopic (exact) mass is 233 g/mol. The lowest BCUT2D eigenvalue weighted by molar-refractivity contribution is -0.126. The lowest BCUT2D eigenvalue weighted by atomic mass is 10.1. The van der Waals surface area contributed by atoms with Gasteiger partial charge in [-0.25, -0.2) is 0 Å². The van der Waals surface area contributed by atoms with Crippen LogP contribution in [0.15, 0.2) is 18.2 Å². The molecule has 0 heterocycles. The maximum absolute atomic E-state index is 12.0. The van der Waals surface area contributed by atoms with Gasteiger partial charge >= 0.3 is 6.18 Å². The zero-order valence-electron chi connectivity index (χ0n) is 9.10. The Labute approximate surface area is 92.1 Å². The van der Waals surface area contributed by atoms with Crippen LogP contribution in [0.2, 0.25) is 0 Å². The van der Waals surface area contributed by atoms with Crippen molar-refractivity contribution in [2.24, 2.45) is 0 Å². The molecular formula is C11H14F3NO. The van der Waals surface area contributed by atoms with Gasteiger partial charge in [-0.15, -0.1) is 0 Å². The van der Waals surface area contributed by atoms with Gasteiger partial charge in [-0.3, -0.25) is 0 Å². The van der Waals surface area contributed by atoms with Crippen molar-refractivity contribution < 1.29 is 18.3 Å². The van der Waals surface area contributed by atoms with Crippen LogP contribution in [0, 0.1) is 6.92 Å². The molecule has 0 saturated heterocycles. The number of aromatic hydroxyl groups is 1. The highest BCUT2D eigenvalue weighted by Crippen LogP contribution is 2.25. The van der Waals surface area contributed by atoms with Gasteiger partial charge in [0.05, 0.1) is 6.54 Å². The standard InChI is InChI=1S/C11H14F3NO/c1-7-3-4-9(10(16)5-7)8(2)15-6-11(12,13)14/h3-5,8,15-16H,6H2,1-2H3. The zero-order valence-corrected chi connectivity index (χ0v) is 9.10. The molecule has 0 aliphatic carbocycles. The summed E-state index contributed by atoms with van der Waals surface area (Å²) in [5.74, 6) is 0.0159. The summed E-state index contributed by atoms with van der Waals surface area (Å²) in [6, 6.07) is 4.36. The number of nitrogens with one attached hydrogen (secondary N) is 1. The molecule has 1 rings (SSSR count). The minimum Gasteiger partial charge on any atom is -0.508 e. The van der Waals surface area contributed by atoms with Gasteiger partial charge in [-0.05, 0) is 25.5 Å². The highest BCUT2D eigenvalue weighted by molar-refractivity contribution is 5.37. The average molecular weight is 233 g/mol. The summed E-state index contributed by atoms with van der Waals surface area (Å²) in [6.45, 7) is 2.31. The number of rotatable bonds is 3. The molecule has 0 amide bonds. The summed E-state index contributed by atoms with van der Waals surface area (Å²) in [7, 11) is 0. The van der Waals surface area contributed by atoms with Crippen LogP contribution in [0.3, 0.4) is 0 Å². The van der Waals surface area contributed by atoms with E-state index in [0.29, 0.717) is 5.56 Å². The van der Waals surface area contributed by atoms with Crippen LogP contribution < -0.4 is 5.32 Å². The largest absolute Gasteiger partial charge is 0.508 e. The van der Waals surface area contributed by atoms with Gasteiger partial charge in [0.25, 0.3) is 0 Å².